The number of carbonyl (C=O) groups is 1. The minimum atomic E-state index is -3.57. The van der Waals surface area contributed by atoms with Crippen molar-refractivity contribution in [1.29, 1.82) is 0 Å². The van der Waals surface area contributed by atoms with Gasteiger partial charge in [-0.1, -0.05) is 12.1 Å². The third-order valence-electron chi connectivity index (χ3n) is 5.11. The molecule has 2 aromatic rings. The van der Waals surface area contributed by atoms with Crippen LogP contribution in [-0.2, 0) is 26.1 Å². The number of nitrogens with zero attached hydrogens (tertiary/aromatic N) is 2. The van der Waals surface area contributed by atoms with Gasteiger partial charge in [0.15, 0.2) is 6.61 Å². The fourth-order valence-electron chi connectivity index (χ4n) is 3.22. The summed E-state index contributed by atoms with van der Waals surface area (Å²) in [5.41, 5.74) is 1.63. The molecule has 168 valence electrons. The van der Waals surface area contributed by atoms with E-state index in [4.69, 9.17) is 14.2 Å². The number of sulfonamides is 1. The first-order chi connectivity index (χ1) is 14.8. The zero-order valence-electron chi connectivity index (χ0n) is 18.0. The Kier molecular flexibility index (Phi) is 7.53. The summed E-state index contributed by atoms with van der Waals surface area (Å²) in [5.74, 6) is 1.06. The number of aryl methyl sites for hydroxylation is 1. The molecule has 0 bridgehead atoms. The number of carbonyl (C=O) groups excluding carboxylic acids is 1. The average molecular weight is 449 g/mol. The third-order valence-corrected chi connectivity index (χ3v) is 7.00. The molecule has 0 aromatic heterocycles. The van der Waals surface area contributed by atoms with Gasteiger partial charge in [0.2, 0.25) is 10.0 Å². The summed E-state index contributed by atoms with van der Waals surface area (Å²) < 4.78 is 43.0. The Bertz CT molecular complexity index is 1000. The summed E-state index contributed by atoms with van der Waals surface area (Å²) in [5, 5.41) is 0. The van der Waals surface area contributed by atoms with E-state index in [0.717, 1.165) is 11.3 Å². The van der Waals surface area contributed by atoms with Crippen molar-refractivity contribution in [1.82, 2.24) is 9.21 Å². The molecule has 1 saturated heterocycles. The quantitative estimate of drug-likeness (QED) is 0.615. The molecular formula is C22H28N2O6S. The summed E-state index contributed by atoms with van der Waals surface area (Å²) in [4.78, 5) is 14.2. The highest BCUT2D eigenvalue weighted by atomic mass is 32.2. The van der Waals surface area contributed by atoms with Gasteiger partial charge in [-0.05, 0) is 48.4 Å². The van der Waals surface area contributed by atoms with E-state index < -0.39 is 10.0 Å². The molecule has 0 radical (unpaired) electrons. The average Bonchev–Trinajstić information content (AvgIpc) is 2.79. The predicted molar refractivity (Wildman–Crippen MR) is 116 cm³/mol. The van der Waals surface area contributed by atoms with E-state index in [0.29, 0.717) is 44.2 Å². The van der Waals surface area contributed by atoms with E-state index in [1.165, 1.54) is 10.4 Å². The van der Waals surface area contributed by atoms with Crippen LogP contribution in [0.4, 0.5) is 0 Å². The van der Waals surface area contributed by atoms with Gasteiger partial charge in [0.25, 0.3) is 5.91 Å². The van der Waals surface area contributed by atoms with Crippen LogP contribution in [0.25, 0.3) is 0 Å². The van der Waals surface area contributed by atoms with Crippen LogP contribution in [0.1, 0.15) is 11.1 Å². The molecule has 0 unspecified atom stereocenters. The molecule has 8 nitrogen and oxygen atoms in total. The molecule has 3 rings (SSSR count). The number of benzene rings is 2. The standard InChI is InChI=1S/C22H28N2O6S/c1-17-14-20(31(26,27)24-10-12-29-13-11-24)8-9-21(17)30-16-22(25)23(2)15-18-4-6-19(28-3)7-5-18/h4-9,14H,10-13,15-16H2,1-3H3. The molecule has 1 heterocycles. The number of rotatable bonds is 8. The highest BCUT2D eigenvalue weighted by molar-refractivity contribution is 7.89. The fourth-order valence-corrected chi connectivity index (χ4v) is 4.72. The van der Waals surface area contributed by atoms with Crippen molar-refractivity contribution in [2.24, 2.45) is 0 Å². The van der Waals surface area contributed by atoms with E-state index in [-0.39, 0.29) is 17.4 Å². The second kappa shape index (κ2) is 10.1. The number of ether oxygens (including phenoxy) is 3. The maximum atomic E-state index is 12.8. The zero-order chi connectivity index (χ0) is 22.4. The van der Waals surface area contributed by atoms with Gasteiger partial charge >= 0.3 is 0 Å². The Morgan fingerprint density at radius 2 is 1.81 bits per heavy atom. The summed E-state index contributed by atoms with van der Waals surface area (Å²) in [6.45, 7) is 3.55. The molecule has 1 amide bonds. The zero-order valence-corrected chi connectivity index (χ0v) is 18.9. The number of methoxy groups -OCH3 is 1. The molecule has 0 aliphatic carbocycles. The van der Waals surface area contributed by atoms with Crippen molar-refractivity contribution in [3.63, 3.8) is 0 Å². The van der Waals surface area contributed by atoms with Gasteiger partial charge < -0.3 is 19.1 Å². The first kappa shape index (κ1) is 23.1. The third kappa shape index (κ3) is 5.75. The lowest BCUT2D eigenvalue weighted by Crippen LogP contribution is -2.40. The second-order valence-electron chi connectivity index (χ2n) is 7.33. The van der Waals surface area contributed by atoms with E-state index in [9.17, 15) is 13.2 Å². The van der Waals surface area contributed by atoms with Gasteiger partial charge in [-0.15, -0.1) is 0 Å². The van der Waals surface area contributed by atoms with Crippen LogP contribution in [0, 0.1) is 6.92 Å². The van der Waals surface area contributed by atoms with Crippen LogP contribution in [0.15, 0.2) is 47.4 Å². The van der Waals surface area contributed by atoms with Crippen molar-refractivity contribution in [2.75, 3.05) is 47.1 Å². The van der Waals surface area contributed by atoms with Crippen LogP contribution in [-0.4, -0.2) is 70.6 Å². The lowest BCUT2D eigenvalue weighted by atomic mass is 10.2. The van der Waals surface area contributed by atoms with E-state index in [2.05, 4.69) is 0 Å². The first-order valence-electron chi connectivity index (χ1n) is 9.99. The summed E-state index contributed by atoms with van der Waals surface area (Å²) in [6, 6.07) is 12.2. The topological polar surface area (TPSA) is 85.4 Å². The van der Waals surface area contributed by atoms with Crippen molar-refractivity contribution in [3.05, 3.63) is 53.6 Å². The molecular weight excluding hydrogens is 420 g/mol. The highest BCUT2D eigenvalue weighted by Crippen LogP contribution is 2.24. The van der Waals surface area contributed by atoms with Gasteiger partial charge in [-0.2, -0.15) is 4.31 Å². The van der Waals surface area contributed by atoms with Crippen LogP contribution in [0.3, 0.4) is 0 Å². The van der Waals surface area contributed by atoms with Gasteiger partial charge in [0.05, 0.1) is 25.2 Å². The van der Waals surface area contributed by atoms with E-state index in [1.54, 1.807) is 38.1 Å². The number of morpholine rings is 1. The van der Waals surface area contributed by atoms with Crippen molar-refractivity contribution < 1.29 is 27.4 Å². The van der Waals surface area contributed by atoms with Crippen LogP contribution in [0.2, 0.25) is 0 Å². The number of amides is 1. The van der Waals surface area contributed by atoms with Gasteiger partial charge in [0.1, 0.15) is 11.5 Å². The Morgan fingerprint density at radius 3 is 2.42 bits per heavy atom. The fraction of sp³-hybridized carbons (Fsp3) is 0.409. The normalized spacial score (nSPS) is 14.8. The minimum Gasteiger partial charge on any atom is -0.497 e. The smallest absolute Gasteiger partial charge is 0.260 e. The maximum absolute atomic E-state index is 12.8. The molecule has 1 aliphatic rings. The van der Waals surface area contributed by atoms with Crippen molar-refractivity contribution >= 4 is 15.9 Å². The number of hydrogen-bond donors (Lipinski definition) is 0. The molecule has 0 N–H and O–H groups in total. The molecule has 0 atom stereocenters. The van der Waals surface area contributed by atoms with E-state index >= 15 is 0 Å². The number of hydrogen-bond acceptors (Lipinski definition) is 6. The Labute approximate surface area is 183 Å². The lowest BCUT2D eigenvalue weighted by molar-refractivity contribution is -0.132. The Balaban J connectivity index is 1.58. The van der Waals surface area contributed by atoms with Crippen LogP contribution >= 0.6 is 0 Å². The predicted octanol–water partition coefficient (Wildman–Crippen LogP) is 2.06. The van der Waals surface area contributed by atoms with E-state index in [1.807, 2.05) is 24.3 Å². The summed E-state index contributed by atoms with van der Waals surface area (Å²) >= 11 is 0. The SMILES string of the molecule is COc1ccc(CN(C)C(=O)COc2ccc(S(=O)(=O)N3CCOCC3)cc2C)cc1. The summed E-state index contributed by atoms with van der Waals surface area (Å²) in [7, 11) is -0.257. The number of likely N-dealkylation sites (N-methyl/N-ethyl adjacent to an activating group) is 1. The molecule has 0 saturated carbocycles. The molecule has 1 fully saturated rings. The molecule has 1 aliphatic heterocycles. The Morgan fingerprint density at radius 1 is 1.13 bits per heavy atom. The molecule has 9 heteroatoms. The molecule has 0 spiro atoms. The summed E-state index contributed by atoms with van der Waals surface area (Å²) in [6.07, 6.45) is 0. The maximum Gasteiger partial charge on any atom is 0.260 e. The lowest BCUT2D eigenvalue weighted by Gasteiger charge is -2.26. The second-order valence-corrected chi connectivity index (χ2v) is 9.27. The molecule has 31 heavy (non-hydrogen) atoms. The largest absolute Gasteiger partial charge is 0.497 e. The van der Waals surface area contributed by atoms with Crippen molar-refractivity contribution in [2.45, 2.75) is 18.4 Å². The van der Waals surface area contributed by atoms with Gasteiger partial charge in [-0.3, -0.25) is 4.79 Å². The Hall–Kier alpha value is -2.62. The van der Waals surface area contributed by atoms with Crippen molar-refractivity contribution in [3.8, 4) is 11.5 Å². The highest BCUT2D eigenvalue weighted by Gasteiger charge is 2.26. The first-order valence-corrected chi connectivity index (χ1v) is 11.4. The van der Waals surface area contributed by atoms with Gasteiger partial charge in [-0.25, -0.2) is 8.42 Å². The minimum absolute atomic E-state index is 0.136. The molecule has 2 aromatic carbocycles. The van der Waals surface area contributed by atoms with Crippen LogP contribution in [0.5, 0.6) is 11.5 Å². The monoisotopic (exact) mass is 448 g/mol. The van der Waals surface area contributed by atoms with Crippen LogP contribution < -0.4 is 9.47 Å². The van der Waals surface area contributed by atoms with Gasteiger partial charge in [0, 0.05) is 26.7 Å².